The normalized spacial score (nSPS) is 24.5. The topological polar surface area (TPSA) is 69.7 Å². The molecule has 0 bridgehead atoms. The molecule has 1 N–H and O–H groups in total. The van der Waals surface area contributed by atoms with Crippen LogP contribution in [-0.4, -0.2) is 41.8 Å². The first-order valence-electron chi connectivity index (χ1n) is 9.05. The number of amides is 3. The molecular formula is C19H23N3O3. The van der Waals surface area contributed by atoms with E-state index >= 15 is 0 Å². The number of fused-ring (bicyclic) bond motifs is 1. The van der Waals surface area contributed by atoms with Crippen LogP contribution >= 0.6 is 0 Å². The minimum atomic E-state index is -0.545. The van der Waals surface area contributed by atoms with Gasteiger partial charge in [-0.15, -0.1) is 0 Å². The van der Waals surface area contributed by atoms with E-state index in [9.17, 15) is 14.4 Å². The lowest BCUT2D eigenvalue weighted by atomic mass is 9.98. The highest BCUT2D eigenvalue weighted by Gasteiger charge is 2.39. The molecule has 3 amide bonds. The number of carbonyl (C=O) groups excluding carboxylic acids is 3. The molecule has 6 heteroatoms. The Bertz CT molecular complexity index is 737. The van der Waals surface area contributed by atoms with E-state index in [4.69, 9.17) is 0 Å². The van der Waals surface area contributed by atoms with Crippen LogP contribution in [-0.2, 0) is 16.1 Å². The van der Waals surface area contributed by atoms with E-state index in [1.165, 1.54) is 12.8 Å². The van der Waals surface area contributed by atoms with Crippen molar-refractivity contribution in [1.82, 2.24) is 10.2 Å². The average Bonchev–Trinajstić information content (AvgIpc) is 2.92. The Morgan fingerprint density at radius 1 is 1.08 bits per heavy atom. The fraction of sp³-hybridized carbons (Fsp3) is 0.526. The van der Waals surface area contributed by atoms with Crippen LogP contribution in [0.5, 0.6) is 0 Å². The molecule has 0 saturated carbocycles. The second kappa shape index (κ2) is 6.17. The minimum Gasteiger partial charge on any atom is -0.371 e. The molecule has 6 nitrogen and oxygen atoms in total. The number of imide groups is 1. The molecule has 2 fully saturated rings. The van der Waals surface area contributed by atoms with Gasteiger partial charge in [-0.05, 0) is 42.9 Å². The zero-order valence-corrected chi connectivity index (χ0v) is 14.5. The first-order chi connectivity index (χ1) is 12.0. The van der Waals surface area contributed by atoms with E-state index in [1.807, 2.05) is 12.1 Å². The molecule has 25 heavy (non-hydrogen) atoms. The molecule has 1 unspecified atom stereocenters. The maximum atomic E-state index is 12.9. The second-order valence-corrected chi connectivity index (χ2v) is 7.41. The van der Waals surface area contributed by atoms with E-state index in [0.29, 0.717) is 18.5 Å². The molecule has 3 aliphatic heterocycles. The van der Waals surface area contributed by atoms with Crippen LogP contribution in [0.1, 0.15) is 48.5 Å². The molecule has 3 aliphatic rings. The van der Waals surface area contributed by atoms with Crippen LogP contribution in [0, 0.1) is 5.92 Å². The molecule has 0 spiro atoms. The van der Waals surface area contributed by atoms with Gasteiger partial charge in [0, 0.05) is 37.3 Å². The van der Waals surface area contributed by atoms with Crippen LogP contribution in [0.2, 0.25) is 0 Å². The molecule has 132 valence electrons. The summed E-state index contributed by atoms with van der Waals surface area (Å²) >= 11 is 0. The molecule has 0 aromatic heterocycles. The summed E-state index contributed by atoms with van der Waals surface area (Å²) in [6.45, 7) is 4.76. The summed E-state index contributed by atoms with van der Waals surface area (Å²) in [5.74, 6) is 0.0433. The molecular weight excluding hydrogens is 318 g/mol. The van der Waals surface area contributed by atoms with Crippen molar-refractivity contribution >= 4 is 23.4 Å². The zero-order valence-electron chi connectivity index (χ0n) is 14.5. The van der Waals surface area contributed by atoms with Crippen molar-refractivity contribution in [2.24, 2.45) is 5.92 Å². The summed E-state index contributed by atoms with van der Waals surface area (Å²) in [6, 6.07) is 5.51. The Balaban J connectivity index is 1.54. The Kier molecular flexibility index (Phi) is 3.98. The SMILES string of the molecule is CC1CCN(c2ccc3c(c2)C(=O)N(C2CCC(=O)NC2=O)C3)CC1. The fourth-order valence-corrected chi connectivity index (χ4v) is 4.01. The van der Waals surface area contributed by atoms with Crippen molar-refractivity contribution in [3.05, 3.63) is 29.3 Å². The van der Waals surface area contributed by atoms with Crippen LogP contribution in [0.15, 0.2) is 18.2 Å². The zero-order chi connectivity index (χ0) is 17.6. The number of piperidine rings is 2. The molecule has 1 aromatic rings. The molecule has 0 aliphatic carbocycles. The van der Waals surface area contributed by atoms with E-state index < -0.39 is 6.04 Å². The Labute approximate surface area is 147 Å². The van der Waals surface area contributed by atoms with Crippen LogP contribution < -0.4 is 10.2 Å². The van der Waals surface area contributed by atoms with Gasteiger partial charge >= 0.3 is 0 Å². The minimum absolute atomic E-state index is 0.100. The average molecular weight is 341 g/mol. The van der Waals surface area contributed by atoms with Crippen molar-refractivity contribution < 1.29 is 14.4 Å². The number of carbonyl (C=O) groups is 3. The highest BCUT2D eigenvalue weighted by molar-refractivity contribution is 6.05. The van der Waals surface area contributed by atoms with Gasteiger partial charge in [0.25, 0.3) is 5.91 Å². The van der Waals surface area contributed by atoms with Gasteiger partial charge < -0.3 is 9.80 Å². The predicted octanol–water partition coefficient (Wildman–Crippen LogP) is 1.68. The molecule has 2 saturated heterocycles. The molecule has 1 atom stereocenters. The van der Waals surface area contributed by atoms with E-state index in [0.717, 1.165) is 30.3 Å². The third kappa shape index (κ3) is 2.90. The maximum Gasteiger partial charge on any atom is 0.255 e. The number of nitrogens with zero attached hydrogens (tertiary/aromatic N) is 2. The summed E-state index contributed by atoms with van der Waals surface area (Å²) in [7, 11) is 0. The van der Waals surface area contributed by atoms with Gasteiger partial charge in [0.05, 0.1) is 0 Å². The number of benzene rings is 1. The lowest BCUT2D eigenvalue weighted by Gasteiger charge is -2.32. The van der Waals surface area contributed by atoms with Gasteiger partial charge in [-0.25, -0.2) is 0 Å². The quantitative estimate of drug-likeness (QED) is 0.831. The Morgan fingerprint density at radius 2 is 1.84 bits per heavy atom. The van der Waals surface area contributed by atoms with Gasteiger partial charge in [-0.1, -0.05) is 13.0 Å². The predicted molar refractivity (Wildman–Crippen MR) is 93.1 cm³/mol. The summed E-state index contributed by atoms with van der Waals surface area (Å²) in [5.41, 5.74) is 2.74. The summed E-state index contributed by atoms with van der Waals surface area (Å²) in [4.78, 5) is 40.2. The number of hydrogen-bond donors (Lipinski definition) is 1. The lowest BCUT2D eigenvalue weighted by molar-refractivity contribution is -0.136. The number of anilines is 1. The monoisotopic (exact) mass is 341 g/mol. The number of nitrogens with one attached hydrogen (secondary N) is 1. The summed E-state index contributed by atoms with van der Waals surface area (Å²) in [6.07, 6.45) is 3.04. The molecule has 0 radical (unpaired) electrons. The van der Waals surface area contributed by atoms with Crippen LogP contribution in [0.25, 0.3) is 0 Å². The van der Waals surface area contributed by atoms with Crippen LogP contribution in [0.4, 0.5) is 5.69 Å². The largest absolute Gasteiger partial charge is 0.371 e. The van der Waals surface area contributed by atoms with E-state index in [-0.39, 0.29) is 24.1 Å². The van der Waals surface area contributed by atoms with Crippen LogP contribution in [0.3, 0.4) is 0 Å². The Hall–Kier alpha value is -2.37. The van der Waals surface area contributed by atoms with Gasteiger partial charge in [-0.2, -0.15) is 0 Å². The molecule has 4 rings (SSSR count). The van der Waals surface area contributed by atoms with E-state index in [2.05, 4.69) is 23.2 Å². The fourth-order valence-electron chi connectivity index (χ4n) is 4.01. The highest BCUT2D eigenvalue weighted by atomic mass is 16.2. The molecule has 3 heterocycles. The second-order valence-electron chi connectivity index (χ2n) is 7.41. The van der Waals surface area contributed by atoms with Crippen molar-refractivity contribution in [1.29, 1.82) is 0 Å². The molecule has 1 aromatic carbocycles. The Morgan fingerprint density at radius 3 is 2.56 bits per heavy atom. The van der Waals surface area contributed by atoms with Gasteiger partial charge in [0.1, 0.15) is 6.04 Å². The van der Waals surface area contributed by atoms with Gasteiger partial charge in [0.15, 0.2) is 0 Å². The first-order valence-corrected chi connectivity index (χ1v) is 9.05. The maximum absolute atomic E-state index is 12.9. The smallest absolute Gasteiger partial charge is 0.255 e. The number of hydrogen-bond acceptors (Lipinski definition) is 4. The summed E-state index contributed by atoms with van der Waals surface area (Å²) < 4.78 is 0. The van der Waals surface area contributed by atoms with Crippen molar-refractivity contribution in [2.45, 2.75) is 45.2 Å². The van der Waals surface area contributed by atoms with Gasteiger partial charge in [0.2, 0.25) is 11.8 Å². The van der Waals surface area contributed by atoms with Gasteiger partial charge in [-0.3, -0.25) is 19.7 Å². The third-order valence-corrected chi connectivity index (χ3v) is 5.66. The lowest BCUT2D eigenvalue weighted by Crippen LogP contribution is -2.52. The van der Waals surface area contributed by atoms with Crippen molar-refractivity contribution in [3.8, 4) is 0 Å². The van der Waals surface area contributed by atoms with E-state index in [1.54, 1.807) is 4.90 Å². The first kappa shape index (κ1) is 16.1. The van der Waals surface area contributed by atoms with Crippen molar-refractivity contribution in [3.63, 3.8) is 0 Å². The highest BCUT2D eigenvalue weighted by Crippen LogP contribution is 2.31. The third-order valence-electron chi connectivity index (χ3n) is 5.66. The number of rotatable bonds is 2. The standard InChI is InChI=1S/C19H23N3O3/c1-12-6-8-21(9-7-12)14-3-2-13-11-22(19(25)15(13)10-14)16-4-5-17(23)20-18(16)24/h2-3,10,12,16H,4-9,11H2,1H3,(H,20,23,24). The summed E-state index contributed by atoms with van der Waals surface area (Å²) in [5, 5.41) is 2.34. The van der Waals surface area contributed by atoms with Crippen molar-refractivity contribution in [2.75, 3.05) is 18.0 Å².